The van der Waals surface area contributed by atoms with Gasteiger partial charge in [0, 0.05) is 18.4 Å². The maximum Gasteiger partial charge on any atom is 0.418 e. The van der Waals surface area contributed by atoms with Gasteiger partial charge in [-0.2, -0.15) is 18.4 Å². The van der Waals surface area contributed by atoms with E-state index < -0.39 is 35.9 Å². The number of ether oxygens (including phenoxy) is 3. The molecule has 0 aromatic heterocycles. The first kappa shape index (κ1) is 27.6. The Morgan fingerprint density at radius 2 is 1.92 bits per heavy atom. The number of benzene rings is 2. The van der Waals surface area contributed by atoms with E-state index in [2.05, 4.69) is 5.32 Å². The van der Waals surface area contributed by atoms with Crippen LogP contribution in [0.4, 0.5) is 18.9 Å². The van der Waals surface area contributed by atoms with Crippen molar-refractivity contribution in [3.05, 3.63) is 76.4 Å². The summed E-state index contributed by atoms with van der Waals surface area (Å²) in [6.45, 7) is 3.29. The molecular formula is C28H26F3N3O5. The van der Waals surface area contributed by atoms with Gasteiger partial charge >= 0.3 is 6.18 Å². The molecule has 0 fully saturated rings. The van der Waals surface area contributed by atoms with E-state index in [-0.39, 0.29) is 40.6 Å². The van der Waals surface area contributed by atoms with Gasteiger partial charge in [-0.3, -0.25) is 9.59 Å². The molecule has 204 valence electrons. The zero-order valence-electron chi connectivity index (χ0n) is 21.4. The van der Waals surface area contributed by atoms with Crippen LogP contribution >= 0.6 is 0 Å². The molecule has 3 N–H and O–H groups in total. The van der Waals surface area contributed by atoms with Gasteiger partial charge in [0.2, 0.25) is 5.88 Å². The van der Waals surface area contributed by atoms with Crippen molar-refractivity contribution in [3.63, 3.8) is 0 Å². The summed E-state index contributed by atoms with van der Waals surface area (Å²) in [7, 11) is 1.37. The highest BCUT2D eigenvalue weighted by Crippen LogP contribution is 2.48. The minimum atomic E-state index is -4.64. The number of hydrogen-bond donors (Lipinski definition) is 2. The van der Waals surface area contributed by atoms with E-state index in [1.807, 2.05) is 19.9 Å². The van der Waals surface area contributed by atoms with Crippen LogP contribution in [-0.4, -0.2) is 25.4 Å². The average Bonchev–Trinajstić information content (AvgIpc) is 2.85. The zero-order valence-corrected chi connectivity index (χ0v) is 21.4. The summed E-state index contributed by atoms with van der Waals surface area (Å²) in [6, 6.07) is 11.3. The van der Waals surface area contributed by atoms with Crippen molar-refractivity contribution >= 4 is 17.4 Å². The number of rotatable bonds is 6. The molecule has 1 amide bonds. The summed E-state index contributed by atoms with van der Waals surface area (Å²) in [4.78, 5) is 25.5. The molecule has 0 saturated carbocycles. The van der Waals surface area contributed by atoms with Gasteiger partial charge in [0.05, 0.1) is 24.3 Å². The van der Waals surface area contributed by atoms with Crippen molar-refractivity contribution in [1.29, 1.82) is 5.26 Å². The molecule has 2 aromatic rings. The lowest BCUT2D eigenvalue weighted by Crippen LogP contribution is -2.33. The molecule has 39 heavy (non-hydrogen) atoms. The number of nitrogens with two attached hydrogens (primary N) is 1. The second-order valence-electron chi connectivity index (χ2n) is 9.99. The van der Waals surface area contributed by atoms with E-state index in [0.717, 1.165) is 12.1 Å². The zero-order chi connectivity index (χ0) is 28.5. The van der Waals surface area contributed by atoms with Crippen LogP contribution in [0, 0.1) is 16.7 Å². The maximum absolute atomic E-state index is 13.2. The Balaban J connectivity index is 1.58. The van der Waals surface area contributed by atoms with Crippen LogP contribution in [-0.2, 0) is 20.5 Å². The number of allylic oxidation sites excluding steroid dienone is 3. The minimum Gasteiger partial charge on any atom is -0.493 e. The number of para-hydroxylation sites is 1. The first-order valence-corrected chi connectivity index (χ1v) is 12.0. The van der Waals surface area contributed by atoms with Gasteiger partial charge in [0.25, 0.3) is 5.91 Å². The predicted octanol–water partition coefficient (Wildman–Crippen LogP) is 5.18. The number of nitrogens with zero attached hydrogens (tertiary/aromatic N) is 1. The fourth-order valence-electron chi connectivity index (χ4n) is 4.77. The molecule has 1 aliphatic carbocycles. The van der Waals surface area contributed by atoms with Gasteiger partial charge in [-0.25, -0.2) is 0 Å². The number of carbonyl (C=O) groups excluding carboxylic acids is 2. The molecule has 1 atom stereocenters. The van der Waals surface area contributed by atoms with E-state index in [1.165, 1.54) is 25.3 Å². The largest absolute Gasteiger partial charge is 0.493 e. The summed E-state index contributed by atoms with van der Waals surface area (Å²) < 4.78 is 56.3. The predicted molar refractivity (Wildman–Crippen MR) is 134 cm³/mol. The fourth-order valence-corrected chi connectivity index (χ4v) is 4.77. The Bertz CT molecular complexity index is 1440. The standard InChI is InChI=1S/C28H26F3N3O5/c1-27(2)11-19(35)25-22(12-27)39-26(33)16(13-32)24(25)15-8-9-20(21(10-15)37-3)38-14-23(36)34-18-7-5-4-6-17(18)28(29,30)31/h4-10,24H,11-12,14,33H2,1-3H3,(H,34,36). The third kappa shape index (κ3) is 5.70. The first-order chi connectivity index (χ1) is 18.3. The first-order valence-electron chi connectivity index (χ1n) is 12.0. The third-order valence-corrected chi connectivity index (χ3v) is 6.46. The number of nitriles is 1. The average molecular weight is 542 g/mol. The van der Waals surface area contributed by atoms with Crippen LogP contribution in [0.15, 0.2) is 65.3 Å². The summed E-state index contributed by atoms with van der Waals surface area (Å²) in [6.07, 6.45) is -3.90. The van der Waals surface area contributed by atoms with E-state index >= 15 is 0 Å². The Morgan fingerprint density at radius 3 is 2.59 bits per heavy atom. The molecule has 4 rings (SSSR count). The van der Waals surface area contributed by atoms with Crippen molar-refractivity contribution in [3.8, 4) is 17.6 Å². The van der Waals surface area contributed by atoms with Gasteiger partial charge in [-0.1, -0.05) is 32.0 Å². The molecule has 2 aromatic carbocycles. The molecule has 0 spiro atoms. The Kier molecular flexibility index (Phi) is 7.33. The van der Waals surface area contributed by atoms with Crippen molar-refractivity contribution in [2.75, 3.05) is 19.0 Å². The molecular weight excluding hydrogens is 515 g/mol. The maximum atomic E-state index is 13.2. The number of Topliss-reactive ketones (excluding diaryl/α,β-unsaturated/α-hetero) is 1. The Labute approximate surface area is 222 Å². The number of methoxy groups -OCH3 is 1. The van der Waals surface area contributed by atoms with Gasteiger partial charge in [-0.15, -0.1) is 0 Å². The molecule has 1 heterocycles. The molecule has 11 heteroatoms. The Hall–Kier alpha value is -4.46. The van der Waals surface area contributed by atoms with Crippen LogP contribution in [0.3, 0.4) is 0 Å². The van der Waals surface area contributed by atoms with Gasteiger partial charge < -0.3 is 25.3 Å². The molecule has 0 saturated heterocycles. The van der Waals surface area contributed by atoms with Crippen molar-refractivity contribution < 1.29 is 37.0 Å². The lowest BCUT2D eigenvalue weighted by atomic mass is 9.70. The number of amides is 1. The van der Waals surface area contributed by atoms with Gasteiger partial charge in [0.1, 0.15) is 17.4 Å². The topological polar surface area (TPSA) is 124 Å². The summed E-state index contributed by atoms with van der Waals surface area (Å²) in [5.41, 5.74) is 5.32. The van der Waals surface area contributed by atoms with Crippen LogP contribution in [0.5, 0.6) is 11.5 Å². The van der Waals surface area contributed by atoms with Gasteiger partial charge in [0.15, 0.2) is 23.9 Å². The number of nitrogens with one attached hydrogen (secondary N) is 1. The van der Waals surface area contributed by atoms with Crippen molar-refractivity contribution in [1.82, 2.24) is 0 Å². The molecule has 2 aliphatic rings. The number of halogens is 3. The van der Waals surface area contributed by atoms with Gasteiger partial charge in [-0.05, 0) is 35.2 Å². The smallest absolute Gasteiger partial charge is 0.418 e. The van der Waals surface area contributed by atoms with Crippen molar-refractivity contribution in [2.45, 2.75) is 38.8 Å². The number of ketones is 1. The number of anilines is 1. The van der Waals surface area contributed by atoms with E-state index in [9.17, 15) is 28.0 Å². The second kappa shape index (κ2) is 10.4. The number of carbonyl (C=O) groups is 2. The summed E-state index contributed by atoms with van der Waals surface area (Å²) >= 11 is 0. The second-order valence-corrected chi connectivity index (χ2v) is 9.99. The highest BCUT2D eigenvalue weighted by molar-refractivity contribution is 6.00. The van der Waals surface area contributed by atoms with Crippen LogP contribution in [0.2, 0.25) is 0 Å². The molecule has 8 nitrogen and oxygen atoms in total. The van der Waals surface area contributed by atoms with Crippen molar-refractivity contribution in [2.24, 2.45) is 11.1 Å². The summed E-state index contributed by atoms with van der Waals surface area (Å²) in [5, 5.41) is 12.0. The lowest BCUT2D eigenvalue weighted by molar-refractivity contribution is -0.137. The Morgan fingerprint density at radius 1 is 1.21 bits per heavy atom. The van der Waals surface area contributed by atoms with Crippen LogP contribution < -0.4 is 20.5 Å². The molecule has 1 aliphatic heterocycles. The SMILES string of the molecule is COc1cc(C2C(C#N)=C(N)OC3=C2C(=O)CC(C)(C)C3)ccc1OCC(=O)Nc1ccccc1C(F)(F)F. The number of hydrogen-bond acceptors (Lipinski definition) is 7. The minimum absolute atomic E-state index is 0.0816. The van der Waals surface area contributed by atoms with E-state index in [0.29, 0.717) is 23.3 Å². The van der Waals surface area contributed by atoms with E-state index in [4.69, 9.17) is 19.9 Å². The highest BCUT2D eigenvalue weighted by atomic mass is 19.4. The fraction of sp³-hybridized carbons (Fsp3) is 0.321. The summed E-state index contributed by atoms with van der Waals surface area (Å²) in [5.74, 6) is -1.09. The quantitative estimate of drug-likeness (QED) is 0.516. The third-order valence-electron chi connectivity index (χ3n) is 6.46. The van der Waals surface area contributed by atoms with Crippen LogP contribution in [0.25, 0.3) is 0 Å². The lowest BCUT2D eigenvalue weighted by Gasteiger charge is -2.37. The highest BCUT2D eigenvalue weighted by Gasteiger charge is 2.43. The molecule has 1 unspecified atom stereocenters. The van der Waals surface area contributed by atoms with Crippen LogP contribution in [0.1, 0.15) is 43.7 Å². The number of alkyl halides is 3. The molecule has 0 bridgehead atoms. The monoisotopic (exact) mass is 541 g/mol. The van der Waals surface area contributed by atoms with E-state index in [1.54, 1.807) is 12.1 Å². The molecule has 0 radical (unpaired) electrons. The normalized spacial score (nSPS) is 18.6.